The van der Waals surface area contributed by atoms with Gasteiger partial charge in [0.1, 0.15) is 0 Å². The van der Waals surface area contributed by atoms with Gasteiger partial charge in [-0.2, -0.15) is 13.2 Å². The summed E-state index contributed by atoms with van der Waals surface area (Å²) in [5, 5.41) is 4.33. The number of nitrogens with zero attached hydrogens (tertiary/aromatic N) is 2. The van der Waals surface area contributed by atoms with Crippen molar-refractivity contribution in [3.8, 4) is 0 Å². The number of anilines is 6. The monoisotopic (exact) mass is 844 g/mol. The van der Waals surface area contributed by atoms with Crippen LogP contribution in [0.25, 0.3) is 21.5 Å². The highest BCUT2D eigenvalue weighted by Crippen LogP contribution is 2.51. The molecule has 0 amide bonds. The van der Waals surface area contributed by atoms with E-state index in [1.54, 1.807) is 12.1 Å². The Morgan fingerprint density at radius 2 is 0.823 bits per heavy atom. The van der Waals surface area contributed by atoms with Crippen molar-refractivity contribution in [2.75, 3.05) is 9.80 Å². The maximum atomic E-state index is 14.8. The molecule has 9 rings (SSSR count). The lowest BCUT2D eigenvalue weighted by atomic mass is 9.33. The summed E-state index contributed by atoms with van der Waals surface area (Å²) in [6, 6.07) is 43.3. The molecule has 7 aromatic carbocycles. The third-order valence-electron chi connectivity index (χ3n) is 12.9. The molecule has 7 aromatic rings. The van der Waals surface area contributed by atoms with Crippen LogP contribution in [0, 0.1) is 0 Å². The van der Waals surface area contributed by atoms with Crippen molar-refractivity contribution < 1.29 is 13.2 Å². The standard InChI is InChI=1S/C55H56BF3N2S/c1-51(2,3)35-15-13-17-39(29-35)60-46-31-41(62-55(57,58)59)32-47-48(46)56(44-25-19-33-27-37(53(7,8)9)21-23-42(33)49(44)60)45-26-20-34-28-38(54(10,11)12)22-24-43(34)50(45)61(47)40-18-14-16-36(30-40)52(4,5)6/h13-32H,1-12H3. The molecule has 0 radical (unpaired) electrons. The highest BCUT2D eigenvalue weighted by Gasteiger charge is 2.46. The molecule has 0 atom stereocenters. The second-order valence-corrected chi connectivity index (χ2v) is 22.6. The fourth-order valence-electron chi connectivity index (χ4n) is 9.49. The van der Waals surface area contributed by atoms with E-state index in [2.05, 4.69) is 202 Å². The third-order valence-corrected chi connectivity index (χ3v) is 13.6. The van der Waals surface area contributed by atoms with Crippen LogP contribution in [-0.4, -0.2) is 12.2 Å². The van der Waals surface area contributed by atoms with Crippen molar-refractivity contribution in [3.05, 3.63) is 144 Å². The maximum absolute atomic E-state index is 14.8. The fourth-order valence-corrected chi connectivity index (χ4v) is 10.1. The van der Waals surface area contributed by atoms with E-state index in [0.717, 1.165) is 83.2 Å². The smallest absolute Gasteiger partial charge is 0.311 e. The first kappa shape index (κ1) is 42.2. The van der Waals surface area contributed by atoms with Crippen LogP contribution in [-0.2, 0) is 21.7 Å². The largest absolute Gasteiger partial charge is 0.446 e. The van der Waals surface area contributed by atoms with Gasteiger partial charge in [-0.1, -0.05) is 168 Å². The van der Waals surface area contributed by atoms with Crippen molar-refractivity contribution >= 4 is 90.5 Å². The Labute approximate surface area is 370 Å². The lowest BCUT2D eigenvalue weighted by Gasteiger charge is -2.45. The Morgan fingerprint density at radius 1 is 0.435 bits per heavy atom. The van der Waals surface area contributed by atoms with Gasteiger partial charge in [0.15, 0.2) is 0 Å². The zero-order valence-corrected chi connectivity index (χ0v) is 38.9. The molecule has 7 heteroatoms. The molecule has 0 aliphatic carbocycles. The van der Waals surface area contributed by atoms with Crippen LogP contribution in [0.5, 0.6) is 0 Å². The normalized spacial score (nSPS) is 14.3. The highest BCUT2D eigenvalue weighted by molar-refractivity contribution is 8.00. The number of benzene rings is 7. The van der Waals surface area contributed by atoms with Crippen LogP contribution in [0.15, 0.2) is 126 Å². The predicted molar refractivity (Wildman–Crippen MR) is 262 cm³/mol. The van der Waals surface area contributed by atoms with Crippen molar-refractivity contribution in [1.82, 2.24) is 0 Å². The average molecular weight is 845 g/mol. The van der Waals surface area contributed by atoms with Gasteiger partial charge in [0.2, 0.25) is 0 Å². The SMILES string of the molecule is CC(C)(C)c1cccc(N2c3cc(SC(F)(F)F)cc4c3B(c3ccc5cc(C(C)(C)C)ccc5c32)c2ccc3cc(C(C)(C)C)ccc3c2N4c2cccc(C(C)(C)C)c2)c1. The molecule has 0 bridgehead atoms. The molecule has 316 valence electrons. The molecular weight excluding hydrogens is 788 g/mol. The average Bonchev–Trinajstić information content (AvgIpc) is 3.18. The van der Waals surface area contributed by atoms with Gasteiger partial charge in [-0.3, -0.25) is 0 Å². The first-order valence-corrected chi connectivity index (χ1v) is 22.6. The third kappa shape index (κ3) is 7.28. The molecular formula is C55H56BF3N2S. The molecule has 0 N–H and O–H groups in total. The maximum Gasteiger partial charge on any atom is 0.446 e. The summed E-state index contributed by atoms with van der Waals surface area (Å²) in [5.74, 6) is 0. The van der Waals surface area contributed by atoms with Crippen LogP contribution in [0.3, 0.4) is 0 Å². The van der Waals surface area contributed by atoms with Gasteiger partial charge < -0.3 is 9.80 Å². The van der Waals surface area contributed by atoms with Crippen molar-refractivity contribution in [2.24, 2.45) is 0 Å². The molecule has 0 spiro atoms. The summed E-state index contributed by atoms with van der Waals surface area (Å²) in [6.07, 6.45) is 0. The number of rotatable bonds is 3. The van der Waals surface area contributed by atoms with E-state index >= 15 is 0 Å². The zero-order chi connectivity index (χ0) is 44.5. The number of fused-ring (bicyclic) bond motifs is 8. The van der Waals surface area contributed by atoms with Crippen LogP contribution in [0.1, 0.15) is 105 Å². The molecule has 2 aliphatic rings. The topological polar surface area (TPSA) is 6.48 Å². The van der Waals surface area contributed by atoms with E-state index in [1.807, 2.05) is 0 Å². The van der Waals surface area contributed by atoms with Gasteiger partial charge in [0, 0.05) is 49.8 Å². The first-order chi connectivity index (χ1) is 28.9. The number of thioether (sulfide) groups is 1. The summed E-state index contributed by atoms with van der Waals surface area (Å²) in [5.41, 5.74) is 8.41. The first-order valence-electron chi connectivity index (χ1n) is 21.8. The second kappa shape index (κ2) is 14.2. The summed E-state index contributed by atoms with van der Waals surface area (Å²) < 4.78 is 44.4. The van der Waals surface area contributed by atoms with E-state index < -0.39 is 5.51 Å². The van der Waals surface area contributed by atoms with Gasteiger partial charge in [-0.15, -0.1) is 0 Å². The number of hydrogen-bond donors (Lipinski definition) is 0. The van der Waals surface area contributed by atoms with Crippen LogP contribution in [0.4, 0.5) is 47.3 Å². The molecule has 0 aromatic heterocycles. The summed E-state index contributed by atoms with van der Waals surface area (Å²) in [7, 11) is 0. The molecule has 0 fully saturated rings. The van der Waals surface area contributed by atoms with Crippen LogP contribution in [0.2, 0.25) is 0 Å². The Balaban J connectivity index is 1.46. The van der Waals surface area contributed by atoms with Crippen molar-refractivity contribution in [3.63, 3.8) is 0 Å². The van der Waals surface area contributed by atoms with Crippen LogP contribution < -0.4 is 26.2 Å². The Kier molecular flexibility index (Phi) is 9.65. The second-order valence-electron chi connectivity index (χ2n) is 21.5. The fraction of sp³-hybridized carbons (Fsp3) is 0.309. The van der Waals surface area contributed by atoms with Gasteiger partial charge in [-0.05, 0) is 119 Å². The molecule has 2 nitrogen and oxygen atoms in total. The van der Waals surface area contributed by atoms with E-state index in [4.69, 9.17) is 0 Å². The van der Waals surface area contributed by atoms with Gasteiger partial charge >= 0.3 is 5.51 Å². The van der Waals surface area contributed by atoms with Gasteiger partial charge in [0.05, 0.1) is 0 Å². The predicted octanol–water partition coefficient (Wildman–Crippen LogP) is 14.9. The molecule has 0 saturated heterocycles. The molecule has 62 heavy (non-hydrogen) atoms. The highest BCUT2D eigenvalue weighted by atomic mass is 32.2. The summed E-state index contributed by atoms with van der Waals surface area (Å²) in [6.45, 7) is 26.3. The van der Waals surface area contributed by atoms with Crippen molar-refractivity contribution in [1.29, 1.82) is 0 Å². The zero-order valence-electron chi connectivity index (χ0n) is 38.1. The van der Waals surface area contributed by atoms with Gasteiger partial charge in [-0.25, -0.2) is 0 Å². The summed E-state index contributed by atoms with van der Waals surface area (Å²) >= 11 is -0.0364. The number of halogens is 3. The van der Waals surface area contributed by atoms with E-state index in [-0.39, 0.29) is 45.0 Å². The number of hydrogen-bond acceptors (Lipinski definition) is 3. The van der Waals surface area contributed by atoms with E-state index in [9.17, 15) is 13.2 Å². The molecule has 2 aliphatic heterocycles. The number of alkyl halides is 3. The lowest BCUT2D eigenvalue weighted by molar-refractivity contribution is -0.0328. The Bertz CT molecular complexity index is 2750. The Morgan fingerprint density at radius 3 is 1.19 bits per heavy atom. The van der Waals surface area contributed by atoms with Crippen LogP contribution >= 0.6 is 11.8 Å². The summed E-state index contributed by atoms with van der Waals surface area (Å²) in [4.78, 5) is 4.69. The van der Waals surface area contributed by atoms with Crippen molar-refractivity contribution in [2.45, 2.75) is 115 Å². The Hall–Kier alpha value is -5.14. The minimum atomic E-state index is -4.50. The molecule has 2 heterocycles. The molecule has 0 saturated carbocycles. The molecule has 0 unspecified atom stereocenters. The minimum Gasteiger partial charge on any atom is -0.311 e. The van der Waals surface area contributed by atoms with E-state index in [1.165, 1.54) is 11.1 Å². The quantitative estimate of drug-likeness (QED) is 0.129. The van der Waals surface area contributed by atoms with Gasteiger partial charge in [0.25, 0.3) is 6.71 Å². The minimum absolute atomic E-state index is 0.0364. The lowest BCUT2D eigenvalue weighted by Crippen LogP contribution is -2.61. The van der Waals surface area contributed by atoms with E-state index in [0.29, 0.717) is 0 Å².